The summed E-state index contributed by atoms with van der Waals surface area (Å²) >= 11 is 0. The molecule has 1 fully saturated rings. The zero-order valence-electron chi connectivity index (χ0n) is 14.9. The minimum atomic E-state index is -0.421. The average molecular weight is 363 g/mol. The summed E-state index contributed by atoms with van der Waals surface area (Å²) in [6.45, 7) is 0.582. The second kappa shape index (κ2) is 7.37. The molecule has 2 N–H and O–H groups in total. The predicted octanol–water partition coefficient (Wildman–Crippen LogP) is 3.35. The third-order valence-corrected chi connectivity index (χ3v) is 5.13. The summed E-state index contributed by atoms with van der Waals surface area (Å²) in [6, 6.07) is 16.1. The van der Waals surface area contributed by atoms with Crippen LogP contribution in [0.2, 0.25) is 0 Å². The number of rotatable bonds is 5. The lowest BCUT2D eigenvalue weighted by atomic mass is 9.80. The maximum absolute atomic E-state index is 12.4. The van der Waals surface area contributed by atoms with Gasteiger partial charge in [-0.3, -0.25) is 4.79 Å². The number of amides is 1. The number of hydrogen-bond donors (Lipinski definition) is 2. The summed E-state index contributed by atoms with van der Waals surface area (Å²) in [6.07, 6.45) is 2.35. The van der Waals surface area contributed by atoms with Gasteiger partial charge in [-0.05, 0) is 55.0 Å². The number of benzene rings is 2. The van der Waals surface area contributed by atoms with E-state index in [1.54, 1.807) is 36.4 Å². The Morgan fingerprint density at radius 2 is 1.93 bits per heavy atom. The van der Waals surface area contributed by atoms with Crippen LogP contribution in [0.4, 0.5) is 0 Å². The first-order valence-electron chi connectivity index (χ1n) is 9.20. The average Bonchev–Trinajstić information content (AvgIpc) is 2.66. The standard InChI is InChI=1S/C22H21NO4/c24-18-10-14(11-18)8-9-23-21(25)17-6-3-5-15(12-17)19-13-16-4-1-2-7-20(16)27-22(19)26/h1-7,12-14,18,24H,8-11H2,(H,23,25). The lowest BCUT2D eigenvalue weighted by Crippen LogP contribution is -2.32. The van der Waals surface area contributed by atoms with Gasteiger partial charge in [0.05, 0.1) is 11.7 Å². The molecule has 0 bridgehead atoms. The molecule has 1 aliphatic carbocycles. The molecule has 0 spiro atoms. The Morgan fingerprint density at radius 3 is 2.74 bits per heavy atom. The van der Waals surface area contributed by atoms with E-state index in [1.165, 1.54) is 0 Å². The lowest BCUT2D eigenvalue weighted by molar-refractivity contribution is 0.0393. The number of carbonyl (C=O) groups excluding carboxylic acids is 1. The lowest BCUT2D eigenvalue weighted by Gasteiger charge is -2.31. The van der Waals surface area contributed by atoms with Crippen LogP contribution < -0.4 is 10.9 Å². The molecule has 4 rings (SSSR count). The van der Waals surface area contributed by atoms with Crippen LogP contribution in [0.5, 0.6) is 0 Å². The SMILES string of the molecule is O=C(NCCC1CC(O)C1)c1cccc(-c2cc3ccccc3oc2=O)c1. The number of fused-ring (bicyclic) bond motifs is 1. The molecule has 138 valence electrons. The highest BCUT2D eigenvalue weighted by Crippen LogP contribution is 2.29. The number of para-hydroxylation sites is 1. The van der Waals surface area contributed by atoms with Gasteiger partial charge in [-0.2, -0.15) is 0 Å². The van der Waals surface area contributed by atoms with Gasteiger partial charge in [0.25, 0.3) is 5.91 Å². The molecule has 1 heterocycles. The molecule has 0 radical (unpaired) electrons. The fraction of sp³-hybridized carbons (Fsp3) is 0.273. The van der Waals surface area contributed by atoms with E-state index < -0.39 is 5.63 Å². The highest BCUT2D eigenvalue weighted by Gasteiger charge is 2.26. The number of aliphatic hydroxyl groups excluding tert-OH is 1. The molecule has 5 heteroatoms. The smallest absolute Gasteiger partial charge is 0.344 e. The summed E-state index contributed by atoms with van der Waals surface area (Å²) < 4.78 is 5.39. The minimum Gasteiger partial charge on any atom is -0.422 e. The maximum atomic E-state index is 12.4. The Morgan fingerprint density at radius 1 is 1.11 bits per heavy atom. The number of nitrogens with one attached hydrogen (secondary N) is 1. The molecule has 0 aliphatic heterocycles. The predicted molar refractivity (Wildman–Crippen MR) is 104 cm³/mol. The zero-order chi connectivity index (χ0) is 18.8. The van der Waals surface area contributed by atoms with Crippen LogP contribution in [-0.4, -0.2) is 23.7 Å². The van der Waals surface area contributed by atoms with E-state index in [9.17, 15) is 14.7 Å². The van der Waals surface area contributed by atoms with Crippen molar-refractivity contribution in [3.8, 4) is 11.1 Å². The van der Waals surface area contributed by atoms with Crippen molar-refractivity contribution in [3.05, 3.63) is 70.6 Å². The Kier molecular flexibility index (Phi) is 4.77. The molecule has 0 atom stereocenters. The van der Waals surface area contributed by atoms with Crippen LogP contribution in [0.1, 0.15) is 29.6 Å². The van der Waals surface area contributed by atoms with E-state index in [1.807, 2.05) is 18.2 Å². The van der Waals surface area contributed by atoms with E-state index in [4.69, 9.17) is 4.42 Å². The molecule has 1 aliphatic rings. The Labute approximate surface area is 156 Å². The summed E-state index contributed by atoms with van der Waals surface area (Å²) in [5.74, 6) is 0.329. The van der Waals surface area contributed by atoms with E-state index in [0.717, 1.165) is 24.6 Å². The van der Waals surface area contributed by atoms with Gasteiger partial charge in [0.2, 0.25) is 0 Å². The molecule has 1 amide bonds. The third kappa shape index (κ3) is 3.78. The Balaban J connectivity index is 1.51. The highest BCUT2D eigenvalue weighted by atomic mass is 16.4. The van der Waals surface area contributed by atoms with Crippen LogP contribution in [-0.2, 0) is 0 Å². The quantitative estimate of drug-likeness (QED) is 0.681. The maximum Gasteiger partial charge on any atom is 0.344 e. The van der Waals surface area contributed by atoms with Crippen molar-refractivity contribution in [3.63, 3.8) is 0 Å². The second-order valence-corrected chi connectivity index (χ2v) is 7.10. The summed E-state index contributed by atoms with van der Waals surface area (Å²) in [5.41, 5.74) is 1.72. The number of hydrogen-bond acceptors (Lipinski definition) is 4. The largest absolute Gasteiger partial charge is 0.422 e. The molecule has 0 unspecified atom stereocenters. The van der Waals surface area contributed by atoms with Crippen LogP contribution in [0.15, 0.2) is 63.8 Å². The summed E-state index contributed by atoms with van der Waals surface area (Å²) in [5, 5.41) is 13.1. The molecule has 1 aromatic heterocycles. The van der Waals surface area contributed by atoms with E-state index >= 15 is 0 Å². The van der Waals surface area contributed by atoms with Gasteiger partial charge >= 0.3 is 5.63 Å². The first kappa shape index (κ1) is 17.5. The molecule has 3 aromatic rings. The van der Waals surface area contributed by atoms with Crippen LogP contribution in [0, 0.1) is 5.92 Å². The molecule has 1 saturated carbocycles. The van der Waals surface area contributed by atoms with Crippen LogP contribution in [0.25, 0.3) is 22.1 Å². The Hall–Kier alpha value is -2.92. The summed E-state index contributed by atoms with van der Waals surface area (Å²) in [4.78, 5) is 24.8. The molecular weight excluding hydrogens is 342 g/mol. The van der Waals surface area contributed by atoms with Crippen molar-refractivity contribution in [2.24, 2.45) is 5.92 Å². The number of carbonyl (C=O) groups is 1. The monoisotopic (exact) mass is 363 g/mol. The van der Waals surface area contributed by atoms with Crippen molar-refractivity contribution in [2.75, 3.05) is 6.54 Å². The van der Waals surface area contributed by atoms with Gasteiger partial charge < -0.3 is 14.8 Å². The van der Waals surface area contributed by atoms with Gasteiger partial charge in [0, 0.05) is 17.5 Å². The molecular formula is C22H21NO4. The van der Waals surface area contributed by atoms with Crippen LogP contribution in [0.3, 0.4) is 0 Å². The van der Waals surface area contributed by atoms with Crippen molar-refractivity contribution in [2.45, 2.75) is 25.4 Å². The minimum absolute atomic E-state index is 0.165. The fourth-order valence-corrected chi connectivity index (χ4v) is 3.52. The van der Waals surface area contributed by atoms with Crippen molar-refractivity contribution >= 4 is 16.9 Å². The van der Waals surface area contributed by atoms with Gasteiger partial charge in [0.15, 0.2) is 0 Å². The van der Waals surface area contributed by atoms with Crippen molar-refractivity contribution in [1.29, 1.82) is 0 Å². The molecule has 27 heavy (non-hydrogen) atoms. The first-order valence-corrected chi connectivity index (χ1v) is 9.20. The fourth-order valence-electron chi connectivity index (χ4n) is 3.52. The highest BCUT2D eigenvalue weighted by molar-refractivity contribution is 5.95. The third-order valence-electron chi connectivity index (χ3n) is 5.13. The normalized spacial score (nSPS) is 18.9. The topological polar surface area (TPSA) is 79.5 Å². The zero-order valence-corrected chi connectivity index (χ0v) is 14.9. The molecule has 0 saturated heterocycles. The first-order chi connectivity index (χ1) is 13.1. The summed E-state index contributed by atoms with van der Waals surface area (Å²) in [7, 11) is 0. The van der Waals surface area contributed by atoms with E-state index in [-0.39, 0.29) is 12.0 Å². The van der Waals surface area contributed by atoms with Gasteiger partial charge in [-0.1, -0.05) is 30.3 Å². The van der Waals surface area contributed by atoms with Gasteiger partial charge in [-0.15, -0.1) is 0 Å². The van der Waals surface area contributed by atoms with Gasteiger partial charge in [-0.25, -0.2) is 4.79 Å². The van der Waals surface area contributed by atoms with Crippen LogP contribution >= 0.6 is 0 Å². The molecule has 5 nitrogen and oxygen atoms in total. The van der Waals surface area contributed by atoms with E-state index in [0.29, 0.717) is 34.7 Å². The molecule has 2 aromatic carbocycles. The second-order valence-electron chi connectivity index (χ2n) is 7.10. The number of aliphatic hydroxyl groups is 1. The van der Waals surface area contributed by atoms with E-state index in [2.05, 4.69) is 5.32 Å². The Bertz CT molecular complexity index is 1030. The van der Waals surface area contributed by atoms with Crippen molar-refractivity contribution < 1.29 is 14.3 Å². The van der Waals surface area contributed by atoms with Crippen molar-refractivity contribution in [1.82, 2.24) is 5.32 Å². The van der Waals surface area contributed by atoms with Gasteiger partial charge in [0.1, 0.15) is 5.58 Å².